The third kappa shape index (κ3) is 2.34. The highest BCUT2D eigenvalue weighted by molar-refractivity contribution is 9.10. The molecule has 2 rings (SSSR count). The van der Waals surface area contributed by atoms with Crippen LogP contribution in [-0.4, -0.2) is 12.6 Å². The molecule has 3 heteroatoms. The van der Waals surface area contributed by atoms with Crippen LogP contribution in [0.15, 0.2) is 16.6 Å². The highest BCUT2D eigenvalue weighted by atomic mass is 79.9. The number of hydrogen-bond donors (Lipinski definition) is 1. The predicted octanol–water partition coefficient (Wildman–Crippen LogP) is 2.80. The van der Waals surface area contributed by atoms with Crippen molar-refractivity contribution in [3.05, 3.63) is 27.7 Å². The molecule has 1 aromatic rings. The van der Waals surface area contributed by atoms with Gasteiger partial charge in [0.15, 0.2) is 0 Å². The van der Waals surface area contributed by atoms with Crippen molar-refractivity contribution >= 4 is 15.9 Å². The Bertz CT molecular complexity index is 385. The van der Waals surface area contributed by atoms with Gasteiger partial charge in [-0.3, -0.25) is 0 Å². The van der Waals surface area contributed by atoms with Gasteiger partial charge in [-0.25, -0.2) is 0 Å². The Balaban J connectivity index is 2.31. The van der Waals surface area contributed by atoms with Crippen LogP contribution >= 0.6 is 15.9 Å². The fourth-order valence-corrected chi connectivity index (χ4v) is 2.21. The molecule has 0 radical (unpaired) electrons. The Labute approximate surface area is 98.9 Å². The summed E-state index contributed by atoms with van der Waals surface area (Å²) in [4.78, 5) is 0. The van der Waals surface area contributed by atoms with Crippen LogP contribution in [0.25, 0.3) is 0 Å². The van der Waals surface area contributed by atoms with E-state index in [1.807, 2.05) is 6.07 Å². The molecule has 0 bridgehead atoms. The van der Waals surface area contributed by atoms with Crippen molar-refractivity contribution in [1.29, 1.82) is 0 Å². The lowest BCUT2D eigenvalue weighted by atomic mass is 10.00. The summed E-state index contributed by atoms with van der Waals surface area (Å²) < 4.78 is 6.35. The molecular weight excluding hydrogens is 254 g/mol. The summed E-state index contributed by atoms with van der Waals surface area (Å²) in [6, 6.07) is 4.09. The van der Waals surface area contributed by atoms with Crippen LogP contribution < -0.4 is 10.5 Å². The Morgan fingerprint density at radius 3 is 2.67 bits per heavy atom. The first-order valence-electron chi connectivity index (χ1n) is 5.16. The van der Waals surface area contributed by atoms with Crippen molar-refractivity contribution in [2.45, 2.75) is 31.7 Å². The number of benzene rings is 1. The van der Waals surface area contributed by atoms with Gasteiger partial charge in [0.2, 0.25) is 0 Å². The molecule has 0 spiro atoms. The largest absolute Gasteiger partial charge is 0.497 e. The predicted molar refractivity (Wildman–Crippen MR) is 65.3 cm³/mol. The molecule has 0 amide bonds. The van der Waals surface area contributed by atoms with Crippen LogP contribution in [0.1, 0.15) is 24.0 Å². The van der Waals surface area contributed by atoms with Crippen LogP contribution in [0.3, 0.4) is 0 Å². The van der Waals surface area contributed by atoms with Crippen molar-refractivity contribution in [3.63, 3.8) is 0 Å². The molecule has 2 nitrogen and oxygen atoms in total. The zero-order valence-corrected chi connectivity index (χ0v) is 10.7. The van der Waals surface area contributed by atoms with Crippen LogP contribution in [0.2, 0.25) is 0 Å². The molecular formula is C12H16BrNO. The molecule has 0 saturated heterocycles. The Kier molecular flexibility index (Phi) is 2.77. The highest BCUT2D eigenvalue weighted by Crippen LogP contribution is 2.38. The monoisotopic (exact) mass is 269 g/mol. The normalized spacial score (nSPS) is 17.6. The summed E-state index contributed by atoms with van der Waals surface area (Å²) >= 11 is 3.54. The van der Waals surface area contributed by atoms with Crippen LogP contribution in [0, 0.1) is 6.92 Å². The van der Waals surface area contributed by atoms with Crippen molar-refractivity contribution in [2.75, 3.05) is 7.11 Å². The molecule has 0 unspecified atom stereocenters. The standard InChI is InChI=1S/C12H16BrNO/c1-8-9(7-12(14)3-4-12)5-10(15-2)6-11(8)13/h5-6H,3-4,7,14H2,1-2H3. The van der Waals surface area contributed by atoms with Gasteiger partial charge in [-0.15, -0.1) is 0 Å². The zero-order chi connectivity index (χ0) is 11.1. The third-order valence-corrected chi connectivity index (χ3v) is 3.92. The molecule has 1 aliphatic rings. The van der Waals surface area contributed by atoms with Crippen molar-refractivity contribution in [3.8, 4) is 5.75 Å². The lowest BCUT2D eigenvalue weighted by Crippen LogP contribution is -2.24. The van der Waals surface area contributed by atoms with E-state index in [9.17, 15) is 0 Å². The summed E-state index contributed by atoms with van der Waals surface area (Å²) in [6.45, 7) is 2.12. The van der Waals surface area contributed by atoms with Gasteiger partial charge in [0.25, 0.3) is 0 Å². The molecule has 1 fully saturated rings. The van der Waals surface area contributed by atoms with Gasteiger partial charge in [0, 0.05) is 10.0 Å². The minimum atomic E-state index is 0.0521. The van der Waals surface area contributed by atoms with Crippen molar-refractivity contribution < 1.29 is 4.74 Å². The van der Waals surface area contributed by atoms with E-state index in [4.69, 9.17) is 10.5 Å². The van der Waals surface area contributed by atoms with Crippen molar-refractivity contribution in [1.82, 2.24) is 0 Å². The first kappa shape index (κ1) is 11.0. The Hall–Kier alpha value is -0.540. The quantitative estimate of drug-likeness (QED) is 0.916. The minimum absolute atomic E-state index is 0.0521. The summed E-state index contributed by atoms with van der Waals surface area (Å²) in [7, 11) is 1.69. The van der Waals surface area contributed by atoms with Gasteiger partial charge in [-0.05, 0) is 49.4 Å². The van der Waals surface area contributed by atoms with E-state index in [2.05, 4.69) is 28.9 Å². The Morgan fingerprint density at radius 1 is 1.47 bits per heavy atom. The number of halogens is 1. The van der Waals surface area contributed by atoms with E-state index in [0.717, 1.165) is 29.5 Å². The van der Waals surface area contributed by atoms with Gasteiger partial charge in [0.1, 0.15) is 5.75 Å². The summed E-state index contributed by atoms with van der Waals surface area (Å²) in [5, 5.41) is 0. The van der Waals surface area contributed by atoms with E-state index in [0.29, 0.717) is 0 Å². The molecule has 0 atom stereocenters. The molecule has 0 heterocycles. The Morgan fingerprint density at radius 2 is 2.13 bits per heavy atom. The van der Waals surface area contributed by atoms with Crippen molar-refractivity contribution in [2.24, 2.45) is 5.73 Å². The second-order valence-electron chi connectivity index (χ2n) is 4.43. The van der Waals surface area contributed by atoms with Crippen LogP contribution in [-0.2, 0) is 6.42 Å². The number of nitrogens with two attached hydrogens (primary N) is 1. The van der Waals surface area contributed by atoms with Gasteiger partial charge in [-0.2, -0.15) is 0 Å². The van der Waals surface area contributed by atoms with Crippen LogP contribution in [0.5, 0.6) is 5.75 Å². The average molecular weight is 270 g/mol. The molecule has 2 N–H and O–H groups in total. The average Bonchev–Trinajstić information content (AvgIpc) is 2.91. The lowest BCUT2D eigenvalue weighted by molar-refractivity contribution is 0.413. The second-order valence-corrected chi connectivity index (χ2v) is 5.29. The fraction of sp³-hybridized carbons (Fsp3) is 0.500. The molecule has 0 aliphatic heterocycles. The minimum Gasteiger partial charge on any atom is -0.497 e. The maximum Gasteiger partial charge on any atom is 0.120 e. The zero-order valence-electron chi connectivity index (χ0n) is 9.14. The first-order valence-corrected chi connectivity index (χ1v) is 5.95. The van der Waals surface area contributed by atoms with Gasteiger partial charge < -0.3 is 10.5 Å². The molecule has 15 heavy (non-hydrogen) atoms. The lowest BCUT2D eigenvalue weighted by Gasteiger charge is -2.14. The van der Waals surface area contributed by atoms with E-state index < -0.39 is 0 Å². The highest BCUT2D eigenvalue weighted by Gasteiger charge is 2.38. The topological polar surface area (TPSA) is 35.2 Å². The van der Waals surface area contributed by atoms with E-state index in [1.165, 1.54) is 11.1 Å². The summed E-state index contributed by atoms with van der Waals surface area (Å²) in [5.74, 6) is 0.895. The summed E-state index contributed by atoms with van der Waals surface area (Å²) in [6.07, 6.45) is 3.23. The first-order chi connectivity index (χ1) is 7.04. The SMILES string of the molecule is COc1cc(Br)c(C)c(CC2(N)CC2)c1. The maximum atomic E-state index is 6.13. The van der Waals surface area contributed by atoms with E-state index >= 15 is 0 Å². The number of rotatable bonds is 3. The van der Waals surface area contributed by atoms with Gasteiger partial charge >= 0.3 is 0 Å². The smallest absolute Gasteiger partial charge is 0.120 e. The summed E-state index contributed by atoms with van der Waals surface area (Å²) in [5.41, 5.74) is 8.75. The number of hydrogen-bond acceptors (Lipinski definition) is 2. The number of methoxy groups -OCH3 is 1. The van der Waals surface area contributed by atoms with E-state index in [-0.39, 0.29) is 5.54 Å². The molecule has 0 aromatic heterocycles. The van der Waals surface area contributed by atoms with Gasteiger partial charge in [0.05, 0.1) is 7.11 Å². The van der Waals surface area contributed by atoms with Crippen LogP contribution in [0.4, 0.5) is 0 Å². The van der Waals surface area contributed by atoms with Gasteiger partial charge in [-0.1, -0.05) is 15.9 Å². The third-order valence-electron chi connectivity index (χ3n) is 3.10. The fourth-order valence-electron chi connectivity index (χ4n) is 1.73. The second kappa shape index (κ2) is 3.80. The molecule has 1 aromatic carbocycles. The molecule has 1 aliphatic carbocycles. The number of ether oxygens (including phenoxy) is 1. The molecule has 82 valence electrons. The van der Waals surface area contributed by atoms with E-state index in [1.54, 1.807) is 7.11 Å². The maximum absolute atomic E-state index is 6.13. The molecule has 1 saturated carbocycles.